The number of methoxy groups -OCH3 is 1. The monoisotopic (exact) mass is 301 g/mol. The van der Waals surface area contributed by atoms with Crippen LogP contribution in [-0.4, -0.2) is 22.1 Å². The van der Waals surface area contributed by atoms with Crippen molar-refractivity contribution in [1.82, 2.24) is 15.0 Å². The molecular weight excluding hydrogens is 293 g/mol. The molecule has 0 saturated carbocycles. The summed E-state index contributed by atoms with van der Waals surface area (Å²) in [5, 5.41) is 8.13. The summed E-state index contributed by atoms with van der Waals surface area (Å²) >= 11 is 2.23. The molecule has 72 valence electrons. The van der Waals surface area contributed by atoms with Crippen LogP contribution in [0.15, 0.2) is 30.6 Å². The van der Waals surface area contributed by atoms with E-state index in [1.165, 1.54) is 0 Å². The molecule has 0 amide bonds. The molecule has 0 radical (unpaired) electrons. The molecule has 1 aromatic carbocycles. The van der Waals surface area contributed by atoms with E-state index in [0.29, 0.717) is 0 Å². The predicted octanol–water partition coefficient (Wildman–Crippen LogP) is 1.88. The maximum Gasteiger partial charge on any atom is 0.120 e. The molecule has 2 aromatic rings. The summed E-state index contributed by atoms with van der Waals surface area (Å²) < 4.78 is 6.17. The maximum atomic E-state index is 5.11. The third kappa shape index (κ3) is 1.72. The molecule has 0 aliphatic carbocycles. The van der Waals surface area contributed by atoms with Crippen LogP contribution < -0.4 is 4.74 Å². The van der Waals surface area contributed by atoms with Crippen molar-refractivity contribution in [3.8, 4) is 11.4 Å². The van der Waals surface area contributed by atoms with E-state index in [0.717, 1.165) is 15.0 Å². The van der Waals surface area contributed by atoms with Gasteiger partial charge in [0.15, 0.2) is 0 Å². The minimum Gasteiger partial charge on any atom is -0.497 e. The lowest BCUT2D eigenvalue weighted by molar-refractivity contribution is 0.414. The van der Waals surface area contributed by atoms with E-state index in [4.69, 9.17) is 4.74 Å². The van der Waals surface area contributed by atoms with Crippen molar-refractivity contribution < 1.29 is 4.74 Å². The molecule has 1 heterocycles. The van der Waals surface area contributed by atoms with Crippen molar-refractivity contribution in [2.24, 2.45) is 0 Å². The molecule has 0 bridgehead atoms. The fourth-order valence-corrected chi connectivity index (χ4v) is 1.82. The number of hydrogen-bond acceptors (Lipinski definition) is 3. The molecule has 0 unspecified atom stereocenters. The summed E-state index contributed by atoms with van der Waals surface area (Å²) in [6.07, 6.45) is 3.31. The fraction of sp³-hybridized carbons (Fsp3) is 0.111. The number of rotatable bonds is 2. The first-order valence-electron chi connectivity index (χ1n) is 4.01. The van der Waals surface area contributed by atoms with Gasteiger partial charge in [-0.3, -0.25) is 0 Å². The van der Waals surface area contributed by atoms with Gasteiger partial charge in [0.1, 0.15) is 5.75 Å². The van der Waals surface area contributed by atoms with Crippen LogP contribution in [0.5, 0.6) is 5.75 Å². The Balaban J connectivity index is 2.46. The quantitative estimate of drug-likeness (QED) is 0.795. The lowest BCUT2D eigenvalue weighted by Gasteiger charge is -2.05. The Hall–Kier alpha value is -1.11. The van der Waals surface area contributed by atoms with Crippen LogP contribution >= 0.6 is 22.6 Å². The first-order chi connectivity index (χ1) is 6.81. The van der Waals surface area contributed by atoms with Gasteiger partial charge in [0.05, 0.1) is 25.2 Å². The minimum absolute atomic E-state index is 0.838. The van der Waals surface area contributed by atoms with Crippen LogP contribution in [-0.2, 0) is 0 Å². The van der Waals surface area contributed by atoms with Crippen molar-refractivity contribution in [1.29, 1.82) is 0 Å². The van der Waals surface area contributed by atoms with Gasteiger partial charge in [-0.05, 0) is 40.8 Å². The van der Waals surface area contributed by atoms with E-state index in [2.05, 4.69) is 32.8 Å². The second kappa shape index (κ2) is 3.95. The Morgan fingerprint density at radius 2 is 2.00 bits per heavy atom. The second-order valence-corrected chi connectivity index (χ2v) is 3.80. The Morgan fingerprint density at radius 3 is 2.57 bits per heavy atom. The maximum absolute atomic E-state index is 5.11. The molecule has 0 spiro atoms. The SMILES string of the molecule is COc1ccc(-n2nccn2)c(I)c1. The van der Waals surface area contributed by atoms with Crippen LogP contribution in [0.1, 0.15) is 0 Å². The largest absolute Gasteiger partial charge is 0.497 e. The highest BCUT2D eigenvalue weighted by molar-refractivity contribution is 14.1. The molecule has 14 heavy (non-hydrogen) atoms. The number of ether oxygens (including phenoxy) is 1. The zero-order chi connectivity index (χ0) is 9.97. The zero-order valence-electron chi connectivity index (χ0n) is 7.51. The number of aromatic nitrogens is 3. The Bertz CT molecular complexity index is 428. The van der Waals surface area contributed by atoms with Crippen molar-refractivity contribution in [3.05, 3.63) is 34.2 Å². The Morgan fingerprint density at radius 1 is 1.29 bits per heavy atom. The first kappa shape index (κ1) is 9.45. The molecule has 2 rings (SSSR count). The number of hydrogen-bond donors (Lipinski definition) is 0. The third-order valence-electron chi connectivity index (χ3n) is 1.79. The Kier molecular flexibility index (Phi) is 2.67. The van der Waals surface area contributed by atoms with Gasteiger partial charge in [-0.2, -0.15) is 15.0 Å². The van der Waals surface area contributed by atoms with E-state index in [-0.39, 0.29) is 0 Å². The standard InChI is InChI=1S/C9H8IN3O/c1-14-7-2-3-9(8(10)6-7)13-11-4-5-12-13/h2-6H,1H3. The van der Waals surface area contributed by atoms with Crippen molar-refractivity contribution in [2.45, 2.75) is 0 Å². The van der Waals surface area contributed by atoms with Crippen molar-refractivity contribution >= 4 is 22.6 Å². The summed E-state index contributed by atoms with van der Waals surface area (Å²) in [6.45, 7) is 0. The molecular formula is C9H8IN3O. The summed E-state index contributed by atoms with van der Waals surface area (Å²) in [5.41, 5.74) is 0.955. The highest BCUT2D eigenvalue weighted by Crippen LogP contribution is 2.21. The molecule has 4 nitrogen and oxygen atoms in total. The average Bonchev–Trinajstić information content (AvgIpc) is 2.70. The number of halogens is 1. The summed E-state index contributed by atoms with van der Waals surface area (Å²) in [4.78, 5) is 1.58. The van der Waals surface area contributed by atoms with Gasteiger partial charge in [-0.15, -0.1) is 0 Å². The topological polar surface area (TPSA) is 39.9 Å². The van der Waals surface area contributed by atoms with Gasteiger partial charge in [-0.1, -0.05) is 0 Å². The molecule has 0 saturated heterocycles. The molecule has 0 aliphatic rings. The zero-order valence-corrected chi connectivity index (χ0v) is 9.67. The van der Waals surface area contributed by atoms with E-state index >= 15 is 0 Å². The van der Waals surface area contributed by atoms with E-state index in [1.807, 2.05) is 18.2 Å². The van der Waals surface area contributed by atoms with E-state index in [1.54, 1.807) is 24.3 Å². The molecule has 0 atom stereocenters. The highest BCUT2D eigenvalue weighted by atomic mass is 127. The summed E-state index contributed by atoms with van der Waals surface area (Å²) in [6, 6.07) is 5.76. The normalized spacial score (nSPS) is 10.1. The van der Waals surface area contributed by atoms with Gasteiger partial charge in [0, 0.05) is 3.57 Å². The second-order valence-electron chi connectivity index (χ2n) is 2.64. The highest BCUT2D eigenvalue weighted by Gasteiger charge is 2.04. The lowest BCUT2D eigenvalue weighted by atomic mass is 10.3. The summed E-state index contributed by atoms with van der Waals surface area (Å²) in [7, 11) is 1.65. The fourth-order valence-electron chi connectivity index (χ4n) is 1.12. The molecule has 0 fully saturated rings. The average molecular weight is 301 g/mol. The van der Waals surface area contributed by atoms with Crippen molar-refractivity contribution in [2.75, 3.05) is 7.11 Å². The van der Waals surface area contributed by atoms with E-state index < -0.39 is 0 Å². The molecule has 0 N–H and O–H groups in total. The van der Waals surface area contributed by atoms with Crippen LogP contribution in [0.25, 0.3) is 5.69 Å². The van der Waals surface area contributed by atoms with Crippen LogP contribution in [0.4, 0.5) is 0 Å². The lowest BCUT2D eigenvalue weighted by Crippen LogP contribution is -2.00. The third-order valence-corrected chi connectivity index (χ3v) is 2.65. The number of benzene rings is 1. The molecule has 0 aliphatic heterocycles. The molecule has 1 aromatic heterocycles. The van der Waals surface area contributed by atoms with Gasteiger partial charge >= 0.3 is 0 Å². The first-order valence-corrected chi connectivity index (χ1v) is 5.09. The molecule has 5 heteroatoms. The van der Waals surface area contributed by atoms with Crippen LogP contribution in [0.3, 0.4) is 0 Å². The van der Waals surface area contributed by atoms with Gasteiger partial charge < -0.3 is 4.74 Å². The minimum atomic E-state index is 0.838. The van der Waals surface area contributed by atoms with Crippen LogP contribution in [0, 0.1) is 3.57 Å². The van der Waals surface area contributed by atoms with Gasteiger partial charge in [0.25, 0.3) is 0 Å². The van der Waals surface area contributed by atoms with Crippen LogP contribution in [0.2, 0.25) is 0 Å². The van der Waals surface area contributed by atoms with Gasteiger partial charge in [0.2, 0.25) is 0 Å². The van der Waals surface area contributed by atoms with E-state index in [9.17, 15) is 0 Å². The Labute approximate surface area is 95.0 Å². The van der Waals surface area contributed by atoms with Gasteiger partial charge in [-0.25, -0.2) is 0 Å². The predicted molar refractivity (Wildman–Crippen MR) is 60.6 cm³/mol. The van der Waals surface area contributed by atoms with Crippen molar-refractivity contribution in [3.63, 3.8) is 0 Å². The number of nitrogens with zero attached hydrogens (tertiary/aromatic N) is 3. The summed E-state index contributed by atoms with van der Waals surface area (Å²) in [5.74, 6) is 0.838. The smallest absolute Gasteiger partial charge is 0.120 e.